The largest absolute Gasteiger partial charge is 0.418 e. The van der Waals surface area contributed by atoms with E-state index >= 15 is 0 Å². The summed E-state index contributed by atoms with van der Waals surface area (Å²) in [5.41, 5.74) is 0.329. The van der Waals surface area contributed by atoms with Gasteiger partial charge < -0.3 is 5.32 Å². The number of benzene rings is 2. The molecule has 2 rings (SSSR count). The highest BCUT2D eigenvalue weighted by Gasteiger charge is 2.33. The van der Waals surface area contributed by atoms with Gasteiger partial charge in [0.1, 0.15) is 0 Å². The van der Waals surface area contributed by atoms with Crippen LogP contribution in [0.2, 0.25) is 0 Å². The number of nitriles is 1. The van der Waals surface area contributed by atoms with Crippen molar-refractivity contribution in [2.45, 2.75) is 19.6 Å². The van der Waals surface area contributed by atoms with Gasteiger partial charge in [0.15, 0.2) is 0 Å². The molecule has 0 fully saturated rings. The van der Waals surface area contributed by atoms with Crippen molar-refractivity contribution in [3.8, 4) is 6.07 Å². The quantitative estimate of drug-likeness (QED) is 0.845. The van der Waals surface area contributed by atoms with E-state index in [1.165, 1.54) is 18.2 Å². The highest BCUT2D eigenvalue weighted by molar-refractivity contribution is 5.93. The Kier molecular flexibility index (Phi) is 6.36. The number of hydrogen-bond donors (Lipinski definition) is 1. The minimum absolute atomic E-state index is 0.0390. The van der Waals surface area contributed by atoms with Crippen molar-refractivity contribution >= 4 is 11.6 Å². The molecule has 0 heterocycles. The number of rotatable bonds is 6. The SMILES string of the molecule is CCN(CC(=O)Nc1ccccc1C(F)(F)F)Cc1ccc(C#N)cc1. The van der Waals surface area contributed by atoms with Crippen molar-refractivity contribution in [1.82, 2.24) is 4.90 Å². The fourth-order valence-electron chi connectivity index (χ4n) is 2.45. The molecule has 0 aliphatic rings. The standard InChI is InChI=1S/C19H18F3N3O/c1-2-25(12-15-9-7-14(11-23)8-10-15)13-18(26)24-17-6-4-3-5-16(17)19(20,21)22/h3-10H,2,12-13H2,1H3,(H,24,26). The number of anilines is 1. The molecule has 0 unspecified atom stereocenters. The van der Waals surface area contributed by atoms with Gasteiger partial charge in [-0.1, -0.05) is 31.2 Å². The molecule has 0 atom stereocenters. The van der Waals surface area contributed by atoms with Crippen LogP contribution in [-0.4, -0.2) is 23.9 Å². The second-order valence-electron chi connectivity index (χ2n) is 5.70. The number of alkyl halides is 3. The van der Waals surface area contributed by atoms with Crippen LogP contribution in [0.4, 0.5) is 18.9 Å². The average Bonchev–Trinajstić information content (AvgIpc) is 2.61. The van der Waals surface area contributed by atoms with Crippen LogP contribution < -0.4 is 5.32 Å². The lowest BCUT2D eigenvalue weighted by molar-refractivity contribution is -0.137. The third kappa shape index (κ3) is 5.33. The lowest BCUT2D eigenvalue weighted by Gasteiger charge is -2.21. The van der Waals surface area contributed by atoms with E-state index in [-0.39, 0.29) is 12.2 Å². The fourth-order valence-corrected chi connectivity index (χ4v) is 2.45. The van der Waals surface area contributed by atoms with Crippen LogP contribution in [-0.2, 0) is 17.5 Å². The summed E-state index contributed by atoms with van der Waals surface area (Å²) in [5, 5.41) is 11.1. The summed E-state index contributed by atoms with van der Waals surface area (Å²) in [5.74, 6) is -0.516. The molecule has 136 valence electrons. The molecule has 0 aromatic heterocycles. The summed E-state index contributed by atoms with van der Waals surface area (Å²) in [6, 6.07) is 13.9. The molecular weight excluding hydrogens is 343 g/mol. The number of amides is 1. The highest BCUT2D eigenvalue weighted by atomic mass is 19.4. The molecule has 7 heteroatoms. The molecule has 4 nitrogen and oxygen atoms in total. The minimum atomic E-state index is -4.53. The fraction of sp³-hybridized carbons (Fsp3) is 0.263. The Labute approximate surface area is 149 Å². The second-order valence-corrected chi connectivity index (χ2v) is 5.70. The predicted molar refractivity (Wildman–Crippen MR) is 92.2 cm³/mol. The summed E-state index contributed by atoms with van der Waals surface area (Å²) in [6.07, 6.45) is -4.53. The Morgan fingerprint density at radius 1 is 1.15 bits per heavy atom. The van der Waals surface area contributed by atoms with E-state index in [0.29, 0.717) is 18.7 Å². The van der Waals surface area contributed by atoms with Crippen molar-refractivity contribution in [3.05, 3.63) is 65.2 Å². The lowest BCUT2D eigenvalue weighted by Crippen LogP contribution is -2.33. The maximum atomic E-state index is 13.0. The molecule has 0 bridgehead atoms. The van der Waals surface area contributed by atoms with Crippen molar-refractivity contribution < 1.29 is 18.0 Å². The smallest absolute Gasteiger partial charge is 0.324 e. The Bertz CT molecular complexity index is 795. The number of nitrogens with one attached hydrogen (secondary N) is 1. The van der Waals surface area contributed by atoms with Gasteiger partial charge in [-0.15, -0.1) is 0 Å². The number of carbonyl (C=O) groups excluding carboxylic acids is 1. The molecule has 1 amide bonds. The van der Waals surface area contributed by atoms with Crippen molar-refractivity contribution in [2.24, 2.45) is 0 Å². The third-order valence-corrected chi connectivity index (χ3v) is 3.81. The highest BCUT2D eigenvalue weighted by Crippen LogP contribution is 2.34. The van der Waals surface area contributed by atoms with Gasteiger partial charge in [-0.25, -0.2) is 0 Å². The molecule has 1 N–H and O–H groups in total. The van der Waals surface area contributed by atoms with E-state index in [4.69, 9.17) is 5.26 Å². The van der Waals surface area contributed by atoms with E-state index in [1.807, 2.05) is 13.0 Å². The predicted octanol–water partition coefficient (Wildman–Crippen LogP) is 4.04. The summed E-state index contributed by atoms with van der Waals surface area (Å²) >= 11 is 0. The second kappa shape index (κ2) is 8.50. The summed E-state index contributed by atoms with van der Waals surface area (Å²) in [7, 11) is 0. The first kappa shape index (κ1) is 19.5. The minimum Gasteiger partial charge on any atom is -0.324 e. The summed E-state index contributed by atoms with van der Waals surface area (Å²) in [4.78, 5) is 14.0. The number of halogens is 3. The molecule has 0 aliphatic carbocycles. The van der Waals surface area contributed by atoms with Gasteiger partial charge in [-0.2, -0.15) is 18.4 Å². The zero-order valence-electron chi connectivity index (χ0n) is 14.2. The first-order valence-corrected chi connectivity index (χ1v) is 8.01. The molecule has 2 aromatic carbocycles. The van der Waals surface area contributed by atoms with Crippen LogP contribution in [0.25, 0.3) is 0 Å². The van der Waals surface area contributed by atoms with Crippen LogP contribution in [0.15, 0.2) is 48.5 Å². The van der Waals surface area contributed by atoms with Crippen LogP contribution in [0.1, 0.15) is 23.6 Å². The molecular formula is C19H18F3N3O. The summed E-state index contributed by atoms with van der Waals surface area (Å²) < 4.78 is 39.0. The zero-order valence-corrected chi connectivity index (χ0v) is 14.2. The van der Waals surface area contributed by atoms with Gasteiger partial charge in [-0.05, 0) is 36.4 Å². The van der Waals surface area contributed by atoms with Gasteiger partial charge in [0, 0.05) is 6.54 Å². The maximum absolute atomic E-state index is 13.0. The van der Waals surface area contributed by atoms with Crippen LogP contribution in [0.3, 0.4) is 0 Å². The van der Waals surface area contributed by atoms with Crippen molar-refractivity contribution in [2.75, 3.05) is 18.4 Å². The Hall–Kier alpha value is -2.85. The van der Waals surface area contributed by atoms with Crippen LogP contribution in [0, 0.1) is 11.3 Å². The Morgan fingerprint density at radius 2 is 1.81 bits per heavy atom. The van der Waals surface area contributed by atoms with E-state index < -0.39 is 17.6 Å². The average molecular weight is 361 g/mol. The summed E-state index contributed by atoms with van der Waals surface area (Å²) in [6.45, 7) is 2.83. The molecule has 2 aromatic rings. The van der Waals surface area contributed by atoms with E-state index in [9.17, 15) is 18.0 Å². The van der Waals surface area contributed by atoms with Crippen LogP contribution >= 0.6 is 0 Å². The molecule has 26 heavy (non-hydrogen) atoms. The Balaban J connectivity index is 2.02. The zero-order chi connectivity index (χ0) is 19.2. The number of likely N-dealkylation sites (N-methyl/N-ethyl adjacent to an activating group) is 1. The Morgan fingerprint density at radius 3 is 2.38 bits per heavy atom. The van der Waals surface area contributed by atoms with Crippen molar-refractivity contribution in [1.29, 1.82) is 5.26 Å². The van der Waals surface area contributed by atoms with Crippen molar-refractivity contribution in [3.63, 3.8) is 0 Å². The van der Waals surface area contributed by atoms with E-state index in [1.54, 1.807) is 29.2 Å². The van der Waals surface area contributed by atoms with E-state index in [2.05, 4.69) is 5.32 Å². The number of nitrogens with zero attached hydrogens (tertiary/aromatic N) is 2. The number of hydrogen-bond acceptors (Lipinski definition) is 3. The molecule has 0 aliphatic heterocycles. The monoisotopic (exact) mass is 361 g/mol. The van der Waals surface area contributed by atoms with Gasteiger partial charge in [-0.3, -0.25) is 9.69 Å². The molecule has 0 radical (unpaired) electrons. The number of para-hydroxylation sites is 1. The molecule has 0 saturated heterocycles. The van der Waals surface area contributed by atoms with E-state index in [0.717, 1.165) is 11.6 Å². The van der Waals surface area contributed by atoms with Gasteiger partial charge >= 0.3 is 6.18 Å². The normalized spacial score (nSPS) is 11.2. The van der Waals surface area contributed by atoms with Gasteiger partial charge in [0.05, 0.1) is 29.4 Å². The topological polar surface area (TPSA) is 56.1 Å². The first-order valence-electron chi connectivity index (χ1n) is 8.01. The molecule has 0 spiro atoms. The lowest BCUT2D eigenvalue weighted by atomic mass is 10.1. The first-order chi connectivity index (χ1) is 12.3. The number of carbonyl (C=O) groups is 1. The molecule has 0 saturated carbocycles. The van der Waals surface area contributed by atoms with Gasteiger partial charge in [0.25, 0.3) is 0 Å². The van der Waals surface area contributed by atoms with Crippen LogP contribution in [0.5, 0.6) is 0 Å². The van der Waals surface area contributed by atoms with Gasteiger partial charge in [0.2, 0.25) is 5.91 Å². The third-order valence-electron chi connectivity index (χ3n) is 3.81. The maximum Gasteiger partial charge on any atom is 0.418 e.